The van der Waals surface area contributed by atoms with Gasteiger partial charge in [0.25, 0.3) is 5.91 Å². The molecule has 7 heteroatoms. The molecule has 3 aliphatic rings. The van der Waals surface area contributed by atoms with E-state index >= 15 is 0 Å². The molecule has 3 fully saturated rings. The second-order valence-electron chi connectivity index (χ2n) is 9.46. The van der Waals surface area contributed by atoms with Gasteiger partial charge in [0.1, 0.15) is 5.60 Å². The van der Waals surface area contributed by atoms with Crippen LogP contribution in [0, 0.1) is 25.7 Å². The number of carbonyl (C=O) groups excluding carboxylic acids is 2. The molecule has 1 atom stereocenters. The van der Waals surface area contributed by atoms with E-state index in [9.17, 15) is 9.59 Å². The summed E-state index contributed by atoms with van der Waals surface area (Å²) in [7, 11) is 1.71. The van der Waals surface area contributed by atoms with Crippen LogP contribution in [0.3, 0.4) is 0 Å². The molecule has 1 aromatic heterocycles. The maximum Gasteiger partial charge on any atom is 0.255 e. The third-order valence-corrected chi connectivity index (χ3v) is 6.82. The molecule has 1 unspecified atom stereocenters. The highest BCUT2D eigenvalue weighted by atomic mass is 16.5. The van der Waals surface area contributed by atoms with Crippen LogP contribution in [-0.4, -0.2) is 66.8 Å². The Kier molecular flexibility index (Phi) is 6.21. The second-order valence-corrected chi connectivity index (χ2v) is 9.46. The predicted molar refractivity (Wildman–Crippen MR) is 113 cm³/mol. The van der Waals surface area contributed by atoms with Gasteiger partial charge in [-0.25, -0.2) is 0 Å². The number of hydrogen-bond acceptors (Lipinski definition) is 4. The molecule has 2 amide bonds. The molecule has 0 aromatic carbocycles. The summed E-state index contributed by atoms with van der Waals surface area (Å²) in [5, 5.41) is 3.05. The summed E-state index contributed by atoms with van der Waals surface area (Å²) in [5.74, 6) is 1.18. The Balaban J connectivity index is 1.27. The highest BCUT2D eigenvalue weighted by molar-refractivity contribution is 5.96. The number of carbonyl (C=O) groups is 2. The van der Waals surface area contributed by atoms with Gasteiger partial charge in [0, 0.05) is 44.6 Å². The first-order chi connectivity index (χ1) is 14.4. The van der Waals surface area contributed by atoms with E-state index in [2.05, 4.69) is 9.88 Å². The van der Waals surface area contributed by atoms with Gasteiger partial charge in [-0.2, -0.15) is 0 Å². The van der Waals surface area contributed by atoms with Crippen molar-refractivity contribution in [2.45, 2.75) is 58.1 Å². The van der Waals surface area contributed by atoms with E-state index in [1.165, 1.54) is 12.8 Å². The van der Waals surface area contributed by atoms with Crippen molar-refractivity contribution in [3.05, 3.63) is 23.0 Å². The molecule has 0 radical (unpaired) electrons. The minimum Gasteiger partial charge on any atom is -0.385 e. The summed E-state index contributed by atoms with van der Waals surface area (Å²) in [6.07, 6.45) is 4.82. The molecule has 30 heavy (non-hydrogen) atoms. The first-order valence-electron chi connectivity index (χ1n) is 11.3. The van der Waals surface area contributed by atoms with Crippen molar-refractivity contribution >= 4 is 11.8 Å². The van der Waals surface area contributed by atoms with Crippen molar-refractivity contribution in [1.29, 1.82) is 0 Å². The van der Waals surface area contributed by atoms with Crippen LogP contribution in [0.1, 0.15) is 53.8 Å². The summed E-state index contributed by atoms with van der Waals surface area (Å²) in [6, 6.07) is 2.00. The van der Waals surface area contributed by atoms with Gasteiger partial charge in [-0.15, -0.1) is 0 Å². The van der Waals surface area contributed by atoms with Crippen LogP contribution in [0.25, 0.3) is 0 Å². The van der Waals surface area contributed by atoms with Crippen molar-refractivity contribution in [3.8, 4) is 0 Å². The van der Waals surface area contributed by atoms with Crippen molar-refractivity contribution in [2.75, 3.05) is 40.0 Å². The molecule has 1 aliphatic carbocycles. The minimum absolute atomic E-state index is 0.0842. The molecular weight excluding hydrogens is 382 g/mol. The summed E-state index contributed by atoms with van der Waals surface area (Å²) >= 11 is 0. The molecule has 1 N–H and O–H groups in total. The third-order valence-electron chi connectivity index (χ3n) is 6.82. The van der Waals surface area contributed by atoms with Gasteiger partial charge >= 0.3 is 0 Å². The van der Waals surface area contributed by atoms with Crippen LogP contribution in [0.5, 0.6) is 0 Å². The SMILES string of the molecule is COCCCn1c(C)cc(C(=O)N2CC3(CC(CC(=O)NCC4CC4)CO3)C2)c1C. The maximum atomic E-state index is 13.1. The molecule has 1 spiro atoms. The lowest BCUT2D eigenvalue weighted by molar-refractivity contribution is -0.122. The van der Waals surface area contributed by atoms with E-state index in [1.807, 2.05) is 24.8 Å². The van der Waals surface area contributed by atoms with Gasteiger partial charge in [0.15, 0.2) is 0 Å². The zero-order valence-corrected chi connectivity index (χ0v) is 18.5. The lowest BCUT2D eigenvalue weighted by atomic mass is 9.85. The number of amides is 2. The fourth-order valence-electron chi connectivity index (χ4n) is 4.90. The maximum absolute atomic E-state index is 13.1. The number of rotatable bonds is 9. The Labute approximate surface area is 179 Å². The summed E-state index contributed by atoms with van der Waals surface area (Å²) in [6.45, 7) is 8.33. The topological polar surface area (TPSA) is 72.8 Å². The molecular formula is C23H35N3O4. The Bertz CT molecular complexity index is 793. The Morgan fingerprint density at radius 3 is 2.73 bits per heavy atom. The quantitative estimate of drug-likeness (QED) is 0.626. The number of hydrogen-bond donors (Lipinski definition) is 1. The zero-order valence-electron chi connectivity index (χ0n) is 18.5. The average molecular weight is 418 g/mol. The molecule has 1 saturated carbocycles. The minimum atomic E-state index is -0.249. The number of aryl methyl sites for hydroxylation is 1. The van der Waals surface area contributed by atoms with Gasteiger partial charge < -0.3 is 24.3 Å². The van der Waals surface area contributed by atoms with E-state index in [1.54, 1.807) is 7.11 Å². The Morgan fingerprint density at radius 1 is 1.27 bits per heavy atom. The molecule has 4 rings (SSSR count). The van der Waals surface area contributed by atoms with E-state index in [0.29, 0.717) is 38.6 Å². The number of nitrogens with one attached hydrogen (secondary N) is 1. The third kappa shape index (κ3) is 4.57. The Morgan fingerprint density at radius 2 is 2.03 bits per heavy atom. The smallest absolute Gasteiger partial charge is 0.255 e. The number of nitrogens with zero attached hydrogens (tertiary/aromatic N) is 2. The van der Waals surface area contributed by atoms with Gasteiger partial charge in [0.05, 0.1) is 25.3 Å². The van der Waals surface area contributed by atoms with Crippen LogP contribution in [0.15, 0.2) is 6.07 Å². The number of methoxy groups -OCH3 is 1. The van der Waals surface area contributed by atoms with E-state index in [4.69, 9.17) is 9.47 Å². The van der Waals surface area contributed by atoms with E-state index in [0.717, 1.165) is 42.9 Å². The number of ether oxygens (including phenoxy) is 2. The fourth-order valence-corrected chi connectivity index (χ4v) is 4.90. The van der Waals surface area contributed by atoms with E-state index < -0.39 is 0 Å². The van der Waals surface area contributed by atoms with Crippen molar-refractivity contribution in [1.82, 2.24) is 14.8 Å². The van der Waals surface area contributed by atoms with Gasteiger partial charge in [-0.05, 0) is 57.4 Å². The van der Waals surface area contributed by atoms with Crippen LogP contribution < -0.4 is 5.32 Å². The number of likely N-dealkylation sites (tertiary alicyclic amines) is 1. The Hall–Kier alpha value is -1.86. The monoisotopic (exact) mass is 417 g/mol. The first-order valence-corrected chi connectivity index (χ1v) is 11.3. The second kappa shape index (κ2) is 8.71. The highest BCUT2D eigenvalue weighted by Crippen LogP contribution is 2.40. The largest absolute Gasteiger partial charge is 0.385 e. The standard InChI is InChI=1S/C23H35N3O4/c1-16-9-20(17(2)26(16)7-4-8-29-3)22(28)25-14-23(15-25)11-19(13-30-23)10-21(27)24-12-18-5-6-18/h9,18-19H,4-8,10-15H2,1-3H3,(H,24,27). The molecule has 166 valence electrons. The predicted octanol–water partition coefficient (Wildman–Crippen LogP) is 2.29. The summed E-state index contributed by atoms with van der Waals surface area (Å²) in [5.41, 5.74) is 2.67. The number of aromatic nitrogens is 1. The van der Waals surface area contributed by atoms with Crippen molar-refractivity contribution in [3.63, 3.8) is 0 Å². The van der Waals surface area contributed by atoms with Crippen LogP contribution in [-0.2, 0) is 20.8 Å². The van der Waals surface area contributed by atoms with Crippen molar-refractivity contribution < 1.29 is 19.1 Å². The lowest BCUT2D eigenvalue weighted by Crippen LogP contribution is -2.63. The highest BCUT2D eigenvalue weighted by Gasteiger charge is 2.51. The normalized spacial score (nSPS) is 22.4. The fraction of sp³-hybridized carbons (Fsp3) is 0.739. The first kappa shape index (κ1) is 21.4. The molecule has 1 aromatic rings. The van der Waals surface area contributed by atoms with Gasteiger partial charge in [-0.1, -0.05) is 0 Å². The molecule has 2 saturated heterocycles. The van der Waals surface area contributed by atoms with Crippen molar-refractivity contribution in [2.24, 2.45) is 11.8 Å². The van der Waals surface area contributed by atoms with E-state index in [-0.39, 0.29) is 23.3 Å². The lowest BCUT2D eigenvalue weighted by Gasteiger charge is -2.47. The molecule has 7 nitrogen and oxygen atoms in total. The summed E-state index contributed by atoms with van der Waals surface area (Å²) in [4.78, 5) is 27.1. The zero-order chi connectivity index (χ0) is 21.3. The average Bonchev–Trinajstić information content (AvgIpc) is 3.36. The van der Waals surface area contributed by atoms with Crippen LogP contribution in [0.4, 0.5) is 0 Å². The molecule has 0 bridgehead atoms. The van der Waals surface area contributed by atoms with Crippen LogP contribution in [0.2, 0.25) is 0 Å². The molecule has 3 heterocycles. The van der Waals surface area contributed by atoms with Gasteiger partial charge in [0.2, 0.25) is 5.91 Å². The van der Waals surface area contributed by atoms with Crippen LogP contribution >= 0.6 is 0 Å². The van der Waals surface area contributed by atoms with Gasteiger partial charge in [-0.3, -0.25) is 9.59 Å². The molecule has 2 aliphatic heterocycles. The summed E-state index contributed by atoms with van der Waals surface area (Å²) < 4.78 is 13.4.